The zero-order valence-corrected chi connectivity index (χ0v) is 36.4. The van der Waals surface area contributed by atoms with Gasteiger partial charge in [0.2, 0.25) is 0 Å². The second-order valence-corrected chi connectivity index (χ2v) is 15.8. The van der Waals surface area contributed by atoms with E-state index in [1.54, 1.807) is 0 Å². The molecular weight excluding hydrogens is 743 g/mol. The second-order valence-electron chi connectivity index (χ2n) is 14.3. The van der Waals surface area contributed by atoms with Crippen LogP contribution in [0.5, 0.6) is 0 Å². The number of unbranched alkanes of at least 4 members (excludes halogenated alkanes) is 14. The molecule has 3 atom stereocenters. The molecule has 0 rings (SSSR count). The average Bonchev–Trinajstić information content (AvgIpc) is 3.20. The zero-order valence-electron chi connectivity index (χ0n) is 35.5. The second kappa shape index (κ2) is 41.6. The molecule has 11 heteroatoms. The highest BCUT2D eigenvalue weighted by atomic mass is 31.2. The first kappa shape index (κ1) is 54.4. The van der Waals surface area contributed by atoms with Crippen molar-refractivity contribution in [2.75, 3.05) is 26.4 Å². The maximum absolute atomic E-state index is 12.6. The molecule has 0 aliphatic rings. The fourth-order valence-corrected chi connectivity index (χ4v) is 6.27. The van der Waals surface area contributed by atoms with Crippen LogP contribution in [0.1, 0.15) is 168 Å². The van der Waals surface area contributed by atoms with E-state index in [9.17, 15) is 24.2 Å². The van der Waals surface area contributed by atoms with Crippen molar-refractivity contribution in [2.45, 2.75) is 180 Å². The van der Waals surface area contributed by atoms with E-state index in [-0.39, 0.29) is 19.4 Å². The van der Waals surface area contributed by atoms with Crippen molar-refractivity contribution in [3.63, 3.8) is 0 Å². The minimum absolute atomic E-state index is 0.128. The Morgan fingerprint density at radius 1 is 0.544 bits per heavy atom. The number of hydrogen-bond acceptors (Lipinski definition) is 9. The number of hydrogen-bond donors (Lipinski definition) is 3. The first-order chi connectivity index (χ1) is 27.7. The van der Waals surface area contributed by atoms with Crippen molar-refractivity contribution in [3.05, 3.63) is 72.9 Å². The third-order valence-corrected chi connectivity index (χ3v) is 9.80. The van der Waals surface area contributed by atoms with Crippen molar-refractivity contribution >= 4 is 19.8 Å². The minimum Gasteiger partial charge on any atom is -0.462 e. The monoisotopic (exact) mass is 823 g/mol. The van der Waals surface area contributed by atoms with Gasteiger partial charge in [0.05, 0.1) is 19.8 Å². The molecule has 0 aliphatic carbocycles. The average molecular weight is 823 g/mol. The van der Waals surface area contributed by atoms with E-state index in [2.05, 4.69) is 91.3 Å². The van der Waals surface area contributed by atoms with Gasteiger partial charge in [0, 0.05) is 12.8 Å². The van der Waals surface area contributed by atoms with Gasteiger partial charge in [-0.2, -0.15) is 0 Å². The van der Waals surface area contributed by atoms with E-state index >= 15 is 0 Å². The maximum Gasteiger partial charge on any atom is 0.472 e. The molecule has 57 heavy (non-hydrogen) atoms. The molecule has 0 radical (unpaired) electrons. The van der Waals surface area contributed by atoms with Gasteiger partial charge in [0.25, 0.3) is 0 Å². The molecule has 0 aliphatic heterocycles. The SMILES string of the molecule is CC/C=C\C/C=C\C/C=C\C/C=C\CCCCC(=O)O[C@H](COC(=O)CCCCCCCCCCC/C=C\C/C=C\CCCCC)COP(=O)(O)OC[C@@H](O)CO. The van der Waals surface area contributed by atoms with Gasteiger partial charge in [-0.3, -0.25) is 18.6 Å². The van der Waals surface area contributed by atoms with Gasteiger partial charge in [-0.05, 0) is 83.5 Å². The zero-order chi connectivity index (χ0) is 41.9. The topological polar surface area (TPSA) is 149 Å². The van der Waals surface area contributed by atoms with Crippen molar-refractivity contribution < 1.29 is 47.8 Å². The van der Waals surface area contributed by atoms with Gasteiger partial charge in [0.1, 0.15) is 12.7 Å². The molecule has 0 fully saturated rings. The summed E-state index contributed by atoms with van der Waals surface area (Å²) in [4.78, 5) is 35.0. The first-order valence-corrected chi connectivity index (χ1v) is 23.4. The van der Waals surface area contributed by atoms with Gasteiger partial charge in [-0.15, -0.1) is 0 Å². The van der Waals surface area contributed by atoms with E-state index < -0.39 is 51.8 Å². The summed E-state index contributed by atoms with van der Waals surface area (Å²) >= 11 is 0. The molecular formula is C46H79O10P. The van der Waals surface area contributed by atoms with Crippen LogP contribution in [0, 0.1) is 0 Å². The number of phosphoric ester groups is 1. The smallest absolute Gasteiger partial charge is 0.462 e. The number of carbonyl (C=O) groups is 2. The van der Waals surface area contributed by atoms with Crippen LogP contribution in [0.4, 0.5) is 0 Å². The molecule has 0 spiro atoms. The number of esters is 2. The molecule has 0 aromatic rings. The number of phosphoric acid groups is 1. The predicted octanol–water partition coefficient (Wildman–Crippen LogP) is 11.7. The molecule has 3 N–H and O–H groups in total. The van der Waals surface area contributed by atoms with Crippen LogP contribution in [0.25, 0.3) is 0 Å². The summed E-state index contributed by atoms with van der Waals surface area (Å²) in [6.45, 7) is 2.18. The summed E-state index contributed by atoms with van der Waals surface area (Å²) in [5.74, 6) is -0.983. The van der Waals surface area contributed by atoms with Crippen LogP contribution in [0.3, 0.4) is 0 Å². The quantitative estimate of drug-likeness (QED) is 0.0236. The van der Waals surface area contributed by atoms with Gasteiger partial charge in [0.15, 0.2) is 6.10 Å². The molecule has 0 saturated carbocycles. The minimum atomic E-state index is -4.63. The largest absolute Gasteiger partial charge is 0.472 e. The van der Waals surface area contributed by atoms with Crippen molar-refractivity contribution in [3.8, 4) is 0 Å². The van der Waals surface area contributed by atoms with Crippen molar-refractivity contribution in [2.24, 2.45) is 0 Å². The Kier molecular flexibility index (Phi) is 39.7. The van der Waals surface area contributed by atoms with E-state index in [4.69, 9.17) is 19.1 Å². The van der Waals surface area contributed by atoms with E-state index in [0.717, 1.165) is 70.6 Å². The lowest BCUT2D eigenvalue weighted by Gasteiger charge is -2.20. The molecule has 0 saturated heterocycles. The molecule has 10 nitrogen and oxygen atoms in total. The Morgan fingerprint density at radius 3 is 1.49 bits per heavy atom. The highest BCUT2D eigenvalue weighted by molar-refractivity contribution is 7.47. The van der Waals surface area contributed by atoms with Crippen LogP contribution in [0.2, 0.25) is 0 Å². The Bertz CT molecular complexity index is 1180. The first-order valence-electron chi connectivity index (χ1n) is 21.9. The summed E-state index contributed by atoms with van der Waals surface area (Å²) in [7, 11) is -4.63. The van der Waals surface area contributed by atoms with Crippen molar-refractivity contribution in [1.82, 2.24) is 0 Å². The summed E-state index contributed by atoms with van der Waals surface area (Å²) in [6, 6.07) is 0. The Labute approximate surface area is 346 Å². The van der Waals surface area contributed by atoms with Gasteiger partial charge in [-0.25, -0.2) is 4.57 Å². The third kappa shape index (κ3) is 41.4. The number of carbonyl (C=O) groups excluding carboxylic acids is 2. The summed E-state index contributed by atoms with van der Waals surface area (Å²) in [5, 5.41) is 18.3. The van der Waals surface area contributed by atoms with E-state index in [1.165, 1.54) is 57.8 Å². The Balaban J connectivity index is 4.34. The van der Waals surface area contributed by atoms with Crippen LogP contribution >= 0.6 is 7.82 Å². The fraction of sp³-hybridized carbons (Fsp3) is 0.696. The Morgan fingerprint density at radius 2 is 0.965 bits per heavy atom. The van der Waals surface area contributed by atoms with Gasteiger partial charge in [-0.1, -0.05) is 145 Å². The molecule has 1 unspecified atom stereocenters. The number of ether oxygens (including phenoxy) is 2. The lowest BCUT2D eigenvalue weighted by atomic mass is 10.1. The molecule has 0 heterocycles. The normalized spacial score (nSPS) is 14.5. The molecule has 0 amide bonds. The molecule has 0 bridgehead atoms. The molecule has 0 aromatic heterocycles. The van der Waals surface area contributed by atoms with Crippen LogP contribution in [-0.2, 0) is 32.7 Å². The highest BCUT2D eigenvalue weighted by Gasteiger charge is 2.27. The predicted molar refractivity (Wildman–Crippen MR) is 233 cm³/mol. The van der Waals surface area contributed by atoms with Gasteiger partial charge >= 0.3 is 19.8 Å². The summed E-state index contributed by atoms with van der Waals surface area (Å²) < 4.78 is 32.7. The third-order valence-electron chi connectivity index (χ3n) is 8.84. The number of rotatable bonds is 40. The number of allylic oxidation sites excluding steroid dienone is 12. The molecule has 0 aromatic carbocycles. The number of aliphatic hydroxyl groups excluding tert-OH is 2. The maximum atomic E-state index is 12.6. The van der Waals surface area contributed by atoms with Crippen LogP contribution in [-0.4, -0.2) is 65.7 Å². The number of aliphatic hydroxyl groups is 2. The molecule has 328 valence electrons. The standard InChI is InChI=1S/C46H79O10P/c1-3-5-7-9-11-13-15-17-19-20-21-22-24-25-27-29-31-33-35-37-45(49)53-41-44(42-55-57(51,52)54-40-43(48)39-47)56-46(50)38-36-34-32-30-28-26-23-18-16-14-12-10-8-6-4-2/h6,8,11-14,17-19,23,28,30,43-44,47-48H,3-5,7,9-10,15-16,20-22,24-27,29,31-42H2,1-2H3,(H,51,52)/b8-6-,13-11-,14-12-,19-17-,23-18-,30-28-/t43-,44+/m0/s1. The van der Waals surface area contributed by atoms with Crippen LogP contribution < -0.4 is 0 Å². The van der Waals surface area contributed by atoms with E-state index in [0.29, 0.717) is 12.8 Å². The summed E-state index contributed by atoms with van der Waals surface area (Å²) in [6.07, 6.45) is 47.3. The highest BCUT2D eigenvalue weighted by Crippen LogP contribution is 2.43. The summed E-state index contributed by atoms with van der Waals surface area (Å²) in [5.41, 5.74) is 0. The van der Waals surface area contributed by atoms with Crippen molar-refractivity contribution in [1.29, 1.82) is 0 Å². The lowest BCUT2D eigenvalue weighted by Crippen LogP contribution is -2.29. The fourth-order valence-electron chi connectivity index (χ4n) is 5.48. The Hall–Kier alpha value is -2.59. The lowest BCUT2D eigenvalue weighted by molar-refractivity contribution is -0.161. The van der Waals surface area contributed by atoms with E-state index in [1.807, 2.05) is 0 Å². The van der Waals surface area contributed by atoms with Gasteiger partial charge < -0.3 is 24.6 Å². The van der Waals surface area contributed by atoms with Crippen LogP contribution in [0.15, 0.2) is 72.9 Å².